The highest BCUT2D eigenvalue weighted by Crippen LogP contribution is 2.36. The van der Waals surface area contributed by atoms with E-state index in [0.29, 0.717) is 5.02 Å². The molecule has 0 amide bonds. The fourth-order valence-corrected chi connectivity index (χ4v) is 4.18. The lowest BCUT2D eigenvalue weighted by Crippen LogP contribution is -2.48. The van der Waals surface area contributed by atoms with Crippen LogP contribution in [0.1, 0.15) is 11.1 Å². The highest BCUT2D eigenvalue weighted by atomic mass is 35.5. The predicted octanol–water partition coefficient (Wildman–Crippen LogP) is 5.43. The topological polar surface area (TPSA) is 30.9 Å². The van der Waals surface area contributed by atoms with Crippen LogP contribution >= 0.6 is 11.6 Å². The maximum Gasteiger partial charge on any atom is 0.138 e. The maximum absolute atomic E-state index is 13.2. The molecule has 0 radical (unpaired) electrons. The van der Waals surface area contributed by atoms with Crippen LogP contribution in [-0.2, 0) is 6.54 Å². The molecule has 0 aromatic heterocycles. The minimum atomic E-state index is -0.192. The van der Waals surface area contributed by atoms with Gasteiger partial charge in [0.25, 0.3) is 0 Å². The van der Waals surface area contributed by atoms with Crippen LogP contribution in [0, 0.1) is 5.82 Å². The van der Waals surface area contributed by atoms with E-state index in [1.54, 1.807) is 0 Å². The minimum absolute atomic E-state index is 0.192. The molecule has 5 rings (SSSR count). The molecule has 1 saturated heterocycles. The van der Waals surface area contributed by atoms with Gasteiger partial charge in [-0.05, 0) is 48.0 Å². The van der Waals surface area contributed by atoms with Gasteiger partial charge in [-0.2, -0.15) is 0 Å². The second kappa shape index (κ2) is 8.09. The average molecular weight is 421 g/mol. The lowest BCUT2D eigenvalue weighted by atomic mass is 10.1. The molecular formula is C24H22ClFN4. The number of benzene rings is 3. The minimum Gasteiger partial charge on any atom is -0.353 e. The van der Waals surface area contributed by atoms with Crippen molar-refractivity contribution in [2.24, 2.45) is 4.99 Å². The molecule has 0 atom stereocenters. The molecule has 3 aromatic carbocycles. The number of rotatable bonds is 2. The molecule has 2 aliphatic rings. The van der Waals surface area contributed by atoms with Crippen LogP contribution in [0.4, 0.5) is 21.5 Å². The van der Waals surface area contributed by atoms with Gasteiger partial charge in [0.1, 0.15) is 11.7 Å². The second-order valence-corrected chi connectivity index (χ2v) is 8.09. The van der Waals surface area contributed by atoms with Crippen molar-refractivity contribution in [3.05, 3.63) is 88.7 Å². The number of fused-ring (bicyclic) bond motifs is 2. The molecule has 4 nitrogen and oxygen atoms in total. The summed E-state index contributed by atoms with van der Waals surface area (Å²) in [5, 5.41) is 4.18. The molecule has 30 heavy (non-hydrogen) atoms. The highest BCUT2D eigenvalue weighted by Gasteiger charge is 2.25. The second-order valence-electron chi connectivity index (χ2n) is 7.66. The summed E-state index contributed by atoms with van der Waals surface area (Å²) in [6.07, 6.45) is 0. The number of halogens is 2. The van der Waals surface area contributed by atoms with Gasteiger partial charge in [0.15, 0.2) is 0 Å². The van der Waals surface area contributed by atoms with Gasteiger partial charge < -0.3 is 10.2 Å². The quantitative estimate of drug-likeness (QED) is 0.599. The van der Waals surface area contributed by atoms with Gasteiger partial charge in [-0.1, -0.05) is 35.9 Å². The lowest BCUT2D eigenvalue weighted by Gasteiger charge is -2.36. The molecule has 0 unspecified atom stereocenters. The molecule has 0 aliphatic carbocycles. The first-order valence-electron chi connectivity index (χ1n) is 10.1. The van der Waals surface area contributed by atoms with Crippen LogP contribution < -0.4 is 5.32 Å². The van der Waals surface area contributed by atoms with E-state index in [4.69, 9.17) is 16.6 Å². The molecule has 0 saturated carbocycles. The lowest BCUT2D eigenvalue weighted by molar-refractivity contribution is 0.176. The summed E-state index contributed by atoms with van der Waals surface area (Å²) in [4.78, 5) is 9.76. The van der Waals surface area contributed by atoms with Gasteiger partial charge in [-0.15, -0.1) is 0 Å². The Labute approximate surface area is 180 Å². The fraction of sp³-hybridized carbons (Fsp3) is 0.208. The Bertz CT molecular complexity index is 1090. The van der Waals surface area contributed by atoms with Crippen LogP contribution in [0.5, 0.6) is 0 Å². The number of para-hydroxylation sites is 1. The van der Waals surface area contributed by atoms with Crippen molar-refractivity contribution in [1.82, 2.24) is 9.80 Å². The third kappa shape index (κ3) is 3.91. The fourth-order valence-electron chi connectivity index (χ4n) is 4.02. The molecular weight excluding hydrogens is 399 g/mol. The molecule has 1 fully saturated rings. The van der Waals surface area contributed by atoms with Gasteiger partial charge >= 0.3 is 0 Å². The zero-order valence-electron chi connectivity index (χ0n) is 16.5. The zero-order valence-corrected chi connectivity index (χ0v) is 17.2. The zero-order chi connectivity index (χ0) is 20.5. The molecule has 1 N–H and O–H groups in total. The molecule has 3 aromatic rings. The first kappa shape index (κ1) is 19.1. The first-order chi connectivity index (χ1) is 14.7. The van der Waals surface area contributed by atoms with Crippen LogP contribution in [-0.4, -0.2) is 41.8 Å². The van der Waals surface area contributed by atoms with Crippen molar-refractivity contribution in [1.29, 1.82) is 0 Å². The number of hydrogen-bond acceptors (Lipinski definition) is 4. The normalized spacial score (nSPS) is 16.2. The van der Waals surface area contributed by atoms with E-state index in [-0.39, 0.29) is 5.82 Å². The van der Waals surface area contributed by atoms with Crippen LogP contribution in [0.2, 0.25) is 5.02 Å². The van der Waals surface area contributed by atoms with E-state index in [0.717, 1.165) is 66.7 Å². The SMILES string of the molecule is Fc1ccc(CN2CCN(C3=Nc4cc(Cl)ccc4Nc4ccccc43)CC2)cc1. The highest BCUT2D eigenvalue weighted by molar-refractivity contribution is 6.31. The Kier molecular flexibility index (Phi) is 5.15. The van der Waals surface area contributed by atoms with Crippen molar-refractivity contribution in [2.75, 3.05) is 31.5 Å². The summed E-state index contributed by atoms with van der Waals surface area (Å²) in [6, 6.07) is 20.8. The molecule has 0 spiro atoms. The third-order valence-electron chi connectivity index (χ3n) is 5.61. The van der Waals surface area contributed by atoms with Gasteiger partial charge in [0.2, 0.25) is 0 Å². The van der Waals surface area contributed by atoms with Crippen molar-refractivity contribution in [3.63, 3.8) is 0 Å². The summed E-state index contributed by atoms with van der Waals surface area (Å²) in [7, 11) is 0. The van der Waals surface area contributed by atoms with Gasteiger partial charge in [0.05, 0.1) is 11.4 Å². The summed E-state index contributed by atoms with van der Waals surface area (Å²) in [5.41, 5.74) is 5.08. The monoisotopic (exact) mass is 420 g/mol. The van der Waals surface area contributed by atoms with Gasteiger partial charge in [-0.25, -0.2) is 9.38 Å². The average Bonchev–Trinajstić information content (AvgIpc) is 2.92. The number of aliphatic imine (C=N–C) groups is 1. The van der Waals surface area contributed by atoms with E-state index >= 15 is 0 Å². The maximum atomic E-state index is 13.2. The van der Waals surface area contributed by atoms with Crippen molar-refractivity contribution in [2.45, 2.75) is 6.54 Å². The molecule has 0 bridgehead atoms. The summed E-state index contributed by atoms with van der Waals surface area (Å²) in [6.45, 7) is 4.44. The smallest absolute Gasteiger partial charge is 0.138 e. The van der Waals surface area contributed by atoms with E-state index in [1.807, 2.05) is 42.5 Å². The van der Waals surface area contributed by atoms with Crippen LogP contribution in [0.15, 0.2) is 71.7 Å². The number of amidine groups is 1. The standard InChI is InChI=1S/C24H22ClFN4/c25-18-7-10-22-23(15-18)28-24(20-3-1-2-4-21(20)27-22)30-13-11-29(12-14-30)16-17-5-8-19(26)9-6-17/h1-10,15,27H,11-14,16H2. The molecule has 2 aliphatic heterocycles. The van der Waals surface area contributed by atoms with Gasteiger partial charge in [0, 0.05) is 49.0 Å². The Morgan fingerprint density at radius 3 is 2.47 bits per heavy atom. The number of nitrogens with one attached hydrogen (secondary N) is 1. The first-order valence-corrected chi connectivity index (χ1v) is 10.5. The Morgan fingerprint density at radius 1 is 0.900 bits per heavy atom. The Balaban J connectivity index is 1.38. The molecule has 6 heteroatoms. The number of hydrogen-bond donors (Lipinski definition) is 1. The van der Waals surface area contributed by atoms with E-state index in [9.17, 15) is 4.39 Å². The molecule has 2 heterocycles. The number of piperazine rings is 1. The summed E-state index contributed by atoms with van der Waals surface area (Å²) < 4.78 is 13.2. The van der Waals surface area contributed by atoms with Crippen LogP contribution in [0.25, 0.3) is 0 Å². The third-order valence-corrected chi connectivity index (χ3v) is 5.85. The Hall–Kier alpha value is -2.89. The summed E-state index contributed by atoms with van der Waals surface area (Å²) in [5.74, 6) is 0.781. The predicted molar refractivity (Wildman–Crippen MR) is 121 cm³/mol. The largest absolute Gasteiger partial charge is 0.353 e. The molecule has 152 valence electrons. The number of anilines is 2. The number of nitrogens with zero attached hydrogens (tertiary/aromatic N) is 3. The Morgan fingerprint density at radius 2 is 1.67 bits per heavy atom. The van der Waals surface area contributed by atoms with Crippen molar-refractivity contribution < 1.29 is 4.39 Å². The van der Waals surface area contributed by atoms with Crippen LogP contribution in [0.3, 0.4) is 0 Å². The summed E-state index contributed by atoms with van der Waals surface area (Å²) >= 11 is 6.24. The van der Waals surface area contributed by atoms with E-state index in [1.165, 1.54) is 12.1 Å². The van der Waals surface area contributed by atoms with E-state index < -0.39 is 0 Å². The van der Waals surface area contributed by atoms with Crippen molar-refractivity contribution in [3.8, 4) is 0 Å². The van der Waals surface area contributed by atoms with Crippen molar-refractivity contribution >= 4 is 34.5 Å². The van der Waals surface area contributed by atoms with Gasteiger partial charge in [-0.3, -0.25) is 4.90 Å². The van der Waals surface area contributed by atoms with E-state index in [2.05, 4.69) is 27.2 Å².